The standard InChI is InChI=1S/C25H22FNO/c1-16-4-2-3-5-21(16)25(28)27-13-12-19-15-24(27)23-14-18(8-11-22(19)23)17-6-9-20(26)10-7-17/h2-11,14,19,24H,12-13,15H2,1H3/t19-,24?/m1/s1. The fourth-order valence-electron chi connectivity index (χ4n) is 4.81. The average Bonchev–Trinajstić information content (AvgIpc) is 3.00. The van der Waals surface area contributed by atoms with Crippen molar-refractivity contribution in [3.63, 3.8) is 0 Å². The summed E-state index contributed by atoms with van der Waals surface area (Å²) in [6, 6.07) is 21.1. The average molecular weight is 371 g/mol. The highest BCUT2D eigenvalue weighted by atomic mass is 19.1. The minimum Gasteiger partial charge on any atom is -0.332 e. The highest BCUT2D eigenvalue weighted by Gasteiger charge is 2.41. The number of carbonyl (C=O) groups excluding carboxylic acids is 1. The Kier molecular flexibility index (Phi) is 4.04. The van der Waals surface area contributed by atoms with Crippen LogP contribution in [0, 0.1) is 12.7 Å². The minimum atomic E-state index is -0.226. The number of amides is 1. The maximum absolute atomic E-state index is 13.3. The van der Waals surface area contributed by atoms with E-state index >= 15 is 0 Å². The quantitative estimate of drug-likeness (QED) is 0.551. The second kappa shape index (κ2) is 6.59. The van der Waals surface area contributed by atoms with Crippen molar-refractivity contribution in [2.45, 2.75) is 31.7 Å². The van der Waals surface area contributed by atoms with E-state index in [0.29, 0.717) is 5.92 Å². The molecule has 140 valence electrons. The van der Waals surface area contributed by atoms with Gasteiger partial charge in [0.25, 0.3) is 5.91 Å². The van der Waals surface area contributed by atoms with Crippen molar-refractivity contribution in [3.8, 4) is 11.1 Å². The molecule has 1 aliphatic heterocycles. The lowest BCUT2D eigenvalue weighted by atomic mass is 9.94. The first-order valence-electron chi connectivity index (χ1n) is 9.88. The van der Waals surface area contributed by atoms with Crippen LogP contribution in [0.25, 0.3) is 11.1 Å². The van der Waals surface area contributed by atoms with E-state index in [2.05, 4.69) is 23.1 Å². The predicted molar refractivity (Wildman–Crippen MR) is 109 cm³/mol. The van der Waals surface area contributed by atoms with Crippen molar-refractivity contribution in [1.29, 1.82) is 0 Å². The molecule has 0 saturated carbocycles. The van der Waals surface area contributed by atoms with Gasteiger partial charge >= 0.3 is 0 Å². The Balaban J connectivity index is 1.52. The molecule has 2 bridgehead atoms. The SMILES string of the molecule is Cc1ccccc1C(=O)N1CC[C@@H]2CC1c1cc(-c3ccc(F)cc3)ccc12. The highest BCUT2D eigenvalue weighted by molar-refractivity contribution is 5.96. The normalized spacial score (nSPS) is 20.1. The molecule has 1 aliphatic carbocycles. The van der Waals surface area contributed by atoms with Crippen LogP contribution in [0.1, 0.15) is 51.8 Å². The van der Waals surface area contributed by atoms with Crippen LogP contribution in [-0.2, 0) is 0 Å². The van der Waals surface area contributed by atoms with Crippen molar-refractivity contribution in [3.05, 3.63) is 94.8 Å². The van der Waals surface area contributed by atoms with E-state index in [9.17, 15) is 9.18 Å². The van der Waals surface area contributed by atoms with Gasteiger partial charge in [0.05, 0.1) is 6.04 Å². The number of likely N-dealkylation sites (tertiary alicyclic amines) is 1. The van der Waals surface area contributed by atoms with E-state index in [0.717, 1.165) is 41.6 Å². The number of aryl methyl sites for hydroxylation is 1. The summed E-state index contributed by atoms with van der Waals surface area (Å²) >= 11 is 0. The smallest absolute Gasteiger partial charge is 0.254 e. The minimum absolute atomic E-state index is 0.126. The number of hydrogen-bond donors (Lipinski definition) is 0. The van der Waals surface area contributed by atoms with E-state index in [1.165, 1.54) is 23.3 Å². The molecular weight excluding hydrogens is 349 g/mol. The number of fused-ring (bicyclic) bond motifs is 5. The first kappa shape index (κ1) is 17.2. The predicted octanol–water partition coefficient (Wildman–Crippen LogP) is 5.88. The number of carbonyl (C=O) groups is 1. The molecule has 0 radical (unpaired) electrons. The Morgan fingerprint density at radius 3 is 2.50 bits per heavy atom. The fourth-order valence-corrected chi connectivity index (χ4v) is 4.81. The third-order valence-corrected chi connectivity index (χ3v) is 6.30. The van der Waals surface area contributed by atoms with Crippen LogP contribution in [0.2, 0.25) is 0 Å². The zero-order valence-electron chi connectivity index (χ0n) is 15.9. The van der Waals surface area contributed by atoms with E-state index in [1.54, 1.807) is 0 Å². The molecule has 1 unspecified atom stereocenters. The summed E-state index contributed by atoms with van der Waals surface area (Å²) in [6.45, 7) is 2.79. The molecule has 3 heteroatoms. The summed E-state index contributed by atoms with van der Waals surface area (Å²) in [7, 11) is 0. The number of rotatable bonds is 2. The van der Waals surface area contributed by atoms with Gasteiger partial charge in [-0.05, 0) is 77.8 Å². The van der Waals surface area contributed by atoms with E-state index in [1.807, 2.05) is 43.3 Å². The van der Waals surface area contributed by atoms with Crippen LogP contribution in [0.5, 0.6) is 0 Å². The zero-order chi connectivity index (χ0) is 19.3. The number of nitrogens with zero attached hydrogens (tertiary/aromatic N) is 1. The molecule has 28 heavy (non-hydrogen) atoms. The van der Waals surface area contributed by atoms with E-state index < -0.39 is 0 Å². The van der Waals surface area contributed by atoms with Crippen LogP contribution in [0.4, 0.5) is 4.39 Å². The number of halogens is 1. The largest absolute Gasteiger partial charge is 0.332 e. The molecule has 3 aromatic carbocycles. The first-order valence-corrected chi connectivity index (χ1v) is 9.88. The van der Waals surface area contributed by atoms with Gasteiger partial charge in [0.1, 0.15) is 5.82 Å². The number of piperidine rings is 1. The number of hydrogen-bond acceptors (Lipinski definition) is 1. The van der Waals surface area contributed by atoms with Crippen molar-refractivity contribution >= 4 is 5.91 Å². The fraction of sp³-hybridized carbons (Fsp3) is 0.240. The molecular formula is C25H22FNO. The lowest BCUT2D eigenvalue weighted by molar-refractivity contribution is 0.0619. The van der Waals surface area contributed by atoms with Crippen molar-refractivity contribution < 1.29 is 9.18 Å². The summed E-state index contributed by atoms with van der Waals surface area (Å²) in [5.41, 5.74) is 6.52. The summed E-state index contributed by atoms with van der Waals surface area (Å²) in [5, 5.41) is 0. The Hall–Kier alpha value is -2.94. The van der Waals surface area contributed by atoms with Crippen LogP contribution < -0.4 is 0 Å². The molecule has 0 aromatic heterocycles. The molecule has 1 amide bonds. The van der Waals surface area contributed by atoms with Gasteiger partial charge in [0.2, 0.25) is 0 Å². The van der Waals surface area contributed by atoms with Crippen molar-refractivity contribution in [2.75, 3.05) is 6.54 Å². The van der Waals surface area contributed by atoms with Gasteiger partial charge in [-0.15, -0.1) is 0 Å². The molecule has 2 atom stereocenters. The van der Waals surface area contributed by atoms with E-state index in [4.69, 9.17) is 0 Å². The van der Waals surface area contributed by atoms with Crippen molar-refractivity contribution in [1.82, 2.24) is 4.90 Å². The maximum Gasteiger partial charge on any atom is 0.254 e. The summed E-state index contributed by atoms with van der Waals surface area (Å²) < 4.78 is 13.3. The molecule has 1 heterocycles. The molecule has 5 rings (SSSR count). The Morgan fingerprint density at radius 1 is 0.964 bits per heavy atom. The van der Waals surface area contributed by atoms with Crippen LogP contribution in [0.3, 0.4) is 0 Å². The van der Waals surface area contributed by atoms with Gasteiger partial charge in [0.15, 0.2) is 0 Å². The van der Waals surface area contributed by atoms with Gasteiger partial charge in [-0.3, -0.25) is 4.79 Å². The summed E-state index contributed by atoms with van der Waals surface area (Å²) in [5.74, 6) is 0.431. The van der Waals surface area contributed by atoms with Gasteiger partial charge < -0.3 is 4.90 Å². The second-order valence-corrected chi connectivity index (χ2v) is 7.90. The van der Waals surface area contributed by atoms with Gasteiger partial charge in [-0.25, -0.2) is 4.39 Å². The molecule has 0 spiro atoms. The van der Waals surface area contributed by atoms with Gasteiger partial charge in [0, 0.05) is 12.1 Å². The molecule has 1 saturated heterocycles. The Bertz CT molecular complexity index is 1060. The summed E-state index contributed by atoms with van der Waals surface area (Å²) in [4.78, 5) is 15.3. The molecule has 0 N–H and O–H groups in total. The van der Waals surface area contributed by atoms with Crippen LogP contribution in [-0.4, -0.2) is 17.4 Å². The van der Waals surface area contributed by atoms with Crippen LogP contribution in [0.15, 0.2) is 66.7 Å². The number of benzene rings is 3. The molecule has 1 fully saturated rings. The van der Waals surface area contributed by atoms with Crippen LogP contribution >= 0.6 is 0 Å². The lowest BCUT2D eigenvalue weighted by Crippen LogP contribution is -2.37. The Morgan fingerprint density at radius 2 is 1.71 bits per heavy atom. The monoisotopic (exact) mass is 371 g/mol. The molecule has 2 aliphatic rings. The highest BCUT2D eigenvalue weighted by Crippen LogP contribution is 2.50. The Labute approximate surface area is 164 Å². The molecule has 2 nitrogen and oxygen atoms in total. The first-order chi connectivity index (χ1) is 13.6. The topological polar surface area (TPSA) is 20.3 Å². The maximum atomic E-state index is 13.3. The van der Waals surface area contributed by atoms with Gasteiger partial charge in [-0.2, -0.15) is 0 Å². The molecule has 3 aromatic rings. The van der Waals surface area contributed by atoms with Gasteiger partial charge in [-0.1, -0.05) is 42.5 Å². The lowest BCUT2D eigenvalue weighted by Gasteiger charge is -2.34. The summed E-state index contributed by atoms with van der Waals surface area (Å²) in [6.07, 6.45) is 2.01. The third kappa shape index (κ3) is 2.73. The van der Waals surface area contributed by atoms with Crippen molar-refractivity contribution in [2.24, 2.45) is 0 Å². The zero-order valence-corrected chi connectivity index (χ0v) is 15.9. The third-order valence-electron chi connectivity index (χ3n) is 6.30. The van der Waals surface area contributed by atoms with E-state index in [-0.39, 0.29) is 17.8 Å². The second-order valence-electron chi connectivity index (χ2n) is 7.90.